The molecule has 5 N–H and O–H groups in total. The summed E-state index contributed by atoms with van der Waals surface area (Å²) in [6.07, 6.45) is 37.3. The Kier molecular flexibility index (Phi) is 31.3. The molecule has 0 aromatic heterocycles. The van der Waals surface area contributed by atoms with Crippen LogP contribution in [0.4, 0.5) is 0 Å². The SMILES string of the molecule is CCCCC/C=C\CCCCCCCC(=O)NC(COP(=O)(O)OCCN)C(O)/C=C/CC/C=C/CC/C=C/CCCCCC. The molecule has 0 spiro atoms. The Labute approximate surface area is 275 Å². The Morgan fingerprint density at radius 3 is 1.76 bits per heavy atom. The zero-order valence-corrected chi connectivity index (χ0v) is 29.5. The number of carbonyl (C=O) groups excluding carboxylic acids is 1. The first-order valence-corrected chi connectivity index (χ1v) is 19.3. The molecule has 0 saturated carbocycles. The van der Waals surface area contributed by atoms with E-state index in [1.165, 1.54) is 51.4 Å². The summed E-state index contributed by atoms with van der Waals surface area (Å²) in [5.41, 5.74) is 5.34. The monoisotopic (exact) mass is 654 g/mol. The summed E-state index contributed by atoms with van der Waals surface area (Å²) in [6, 6.07) is -0.885. The Balaban J connectivity index is 4.48. The number of hydrogen-bond acceptors (Lipinski definition) is 6. The molecule has 3 unspecified atom stereocenters. The van der Waals surface area contributed by atoms with E-state index in [-0.39, 0.29) is 25.7 Å². The molecule has 0 aliphatic rings. The molecule has 0 rings (SSSR count). The van der Waals surface area contributed by atoms with Gasteiger partial charge in [0.2, 0.25) is 5.91 Å². The van der Waals surface area contributed by atoms with Crippen molar-refractivity contribution in [2.24, 2.45) is 5.73 Å². The first-order chi connectivity index (χ1) is 21.9. The van der Waals surface area contributed by atoms with E-state index in [4.69, 9.17) is 14.8 Å². The number of hydrogen-bond donors (Lipinski definition) is 4. The van der Waals surface area contributed by atoms with Gasteiger partial charge in [0.25, 0.3) is 0 Å². The van der Waals surface area contributed by atoms with Crippen LogP contribution in [0.1, 0.15) is 142 Å². The van der Waals surface area contributed by atoms with Crippen molar-refractivity contribution in [2.45, 2.75) is 154 Å². The lowest BCUT2D eigenvalue weighted by Gasteiger charge is -2.23. The molecule has 1 amide bonds. The first kappa shape index (κ1) is 43.5. The number of phosphoric acid groups is 1. The second-order valence-electron chi connectivity index (χ2n) is 11.7. The van der Waals surface area contributed by atoms with Crippen LogP contribution < -0.4 is 11.1 Å². The molecule has 3 atom stereocenters. The lowest BCUT2D eigenvalue weighted by molar-refractivity contribution is -0.123. The van der Waals surface area contributed by atoms with Crippen LogP contribution in [-0.4, -0.2) is 47.8 Å². The maximum absolute atomic E-state index is 12.6. The van der Waals surface area contributed by atoms with E-state index in [1.54, 1.807) is 6.08 Å². The Morgan fingerprint density at radius 2 is 1.18 bits per heavy atom. The fourth-order valence-corrected chi connectivity index (χ4v) is 5.39. The van der Waals surface area contributed by atoms with Gasteiger partial charge in [-0.3, -0.25) is 13.8 Å². The number of aliphatic hydroxyl groups excluding tert-OH is 1. The van der Waals surface area contributed by atoms with Gasteiger partial charge in [0, 0.05) is 13.0 Å². The normalized spacial score (nSPS) is 15.0. The zero-order chi connectivity index (χ0) is 33.3. The second-order valence-corrected chi connectivity index (χ2v) is 13.2. The van der Waals surface area contributed by atoms with Crippen molar-refractivity contribution in [1.82, 2.24) is 5.32 Å². The summed E-state index contributed by atoms with van der Waals surface area (Å²) in [7, 11) is -4.34. The maximum Gasteiger partial charge on any atom is 0.472 e. The fraction of sp³-hybridized carbons (Fsp3) is 0.750. The van der Waals surface area contributed by atoms with Crippen LogP contribution in [0.15, 0.2) is 48.6 Å². The van der Waals surface area contributed by atoms with E-state index < -0.39 is 20.0 Å². The lowest BCUT2D eigenvalue weighted by atomic mass is 10.1. The molecule has 0 radical (unpaired) electrons. The number of unbranched alkanes of at least 4 members (excludes halogenated alkanes) is 14. The van der Waals surface area contributed by atoms with Crippen LogP contribution in [0.3, 0.4) is 0 Å². The molecule has 0 aromatic rings. The number of rotatable bonds is 32. The van der Waals surface area contributed by atoms with Gasteiger partial charge in [0.15, 0.2) is 0 Å². The van der Waals surface area contributed by atoms with E-state index in [2.05, 4.69) is 55.6 Å². The zero-order valence-electron chi connectivity index (χ0n) is 28.6. The molecule has 0 bridgehead atoms. The standard InChI is InChI=1S/C36H67N2O6P/c1-3-5-7-9-11-13-15-17-18-19-21-23-25-27-29-35(39)34(33-44-45(41,42)43-32-31-37)38-36(40)30-28-26-24-22-20-16-14-12-10-8-6-4-2/h12-15,19,21,27,29,34-35,39H,3-11,16-18,20,22-26,28,30-33,37H2,1-2H3,(H,38,40)(H,41,42)/b14-12-,15-13+,21-19+,29-27+. The fourth-order valence-electron chi connectivity index (χ4n) is 4.63. The van der Waals surface area contributed by atoms with Crippen LogP contribution >= 0.6 is 7.82 Å². The van der Waals surface area contributed by atoms with Crippen molar-refractivity contribution < 1.29 is 28.4 Å². The van der Waals surface area contributed by atoms with E-state index in [9.17, 15) is 19.4 Å². The quantitative estimate of drug-likeness (QED) is 0.0323. The molecule has 262 valence electrons. The summed E-state index contributed by atoms with van der Waals surface area (Å²) < 4.78 is 22.0. The Bertz CT molecular complexity index is 845. The van der Waals surface area contributed by atoms with Crippen LogP contribution in [0.2, 0.25) is 0 Å². The van der Waals surface area contributed by atoms with Gasteiger partial charge in [0.1, 0.15) is 0 Å². The predicted molar refractivity (Wildman–Crippen MR) is 189 cm³/mol. The highest BCUT2D eigenvalue weighted by atomic mass is 31.2. The van der Waals surface area contributed by atoms with Gasteiger partial charge in [-0.15, -0.1) is 0 Å². The molecule has 0 heterocycles. The number of phosphoric ester groups is 1. The van der Waals surface area contributed by atoms with Gasteiger partial charge in [-0.2, -0.15) is 0 Å². The van der Waals surface area contributed by atoms with Gasteiger partial charge in [-0.1, -0.05) is 114 Å². The molecule has 0 aromatic carbocycles. The smallest absolute Gasteiger partial charge is 0.387 e. The number of aliphatic hydroxyl groups is 1. The minimum Gasteiger partial charge on any atom is -0.387 e. The summed E-state index contributed by atoms with van der Waals surface area (Å²) in [5.74, 6) is -0.223. The van der Waals surface area contributed by atoms with E-state index in [0.29, 0.717) is 6.42 Å². The van der Waals surface area contributed by atoms with E-state index >= 15 is 0 Å². The van der Waals surface area contributed by atoms with Gasteiger partial charge in [-0.25, -0.2) is 4.57 Å². The highest BCUT2D eigenvalue weighted by Crippen LogP contribution is 2.43. The number of amides is 1. The van der Waals surface area contributed by atoms with Gasteiger partial charge >= 0.3 is 7.82 Å². The van der Waals surface area contributed by atoms with Crippen molar-refractivity contribution in [1.29, 1.82) is 0 Å². The highest BCUT2D eigenvalue weighted by molar-refractivity contribution is 7.47. The average Bonchev–Trinajstić information content (AvgIpc) is 3.02. The van der Waals surface area contributed by atoms with Crippen LogP contribution in [0.25, 0.3) is 0 Å². The Morgan fingerprint density at radius 1 is 0.711 bits per heavy atom. The molecule has 45 heavy (non-hydrogen) atoms. The maximum atomic E-state index is 12.6. The topological polar surface area (TPSA) is 131 Å². The third kappa shape index (κ3) is 30.9. The summed E-state index contributed by atoms with van der Waals surface area (Å²) in [6.45, 7) is 4.01. The molecule has 0 aliphatic carbocycles. The largest absolute Gasteiger partial charge is 0.472 e. The van der Waals surface area contributed by atoms with Gasteiger partial charge < -0.3 is 21.1 Å². The average molecular weight is 655 g/mol. The molecule has 9 heteroatoms. The lowest BCUT2D eigenvalue weighted by Crippen LogP contribution is -2.45. The van der Waals surface area contributed by atoms with Crippen molar-refractivity contribution in [3.05, 3.63) is 48.6 Å². The Hall–Kier alpha value is -1.54. The summed E-state index contributed by atoms with van der Waals surface area (Å²) in [5, 5.41) is 13.5. The molecular weight excluding hydrogens is 587 g/mol. The minimum atomic E-state index is -4.34. The van der Waals surface area contributed by atoms with E-state index in [1.807, 2.05) is 6.08 Å². The number of allylic oxidation sites excluding steroid dienone is 7. The molecule has 0 fully saturated rings. The third-order valence-electron chi connectivity index (χ3n) is 7.35. The van der Waals surface area contributed by atoms with Crippen LogP contribution in [0.5, 0.6) is 0 Å². The molecule has 0 aliphatic heterocycles. The number of nitrogens with one attached hydrogen (secondary N) is 1. The first-order valence-electron chi connectivity index (χ1n) is 17.8. The second kappa shape index (κ2) is 32.4. The van der Waals surface area contributed by atoms with E-state index in [0.717, 1.165) is 70.6 Å². The van der Waals surface area contributed by atoms with Gasteiger partial charge in [0.05, 0.1) is 25.4 Å². The number of carbonyl (C=O) groups is 1. The molecule has 8 nitrogen and oxygen atoms in total. The number of nitrogens with two attached hydrogens (primary N) is 1. The van der Waals surface area contributed by atoms with Crippen molar-refractivity contribution in [3.8, 4) is 0 Å². The molecule has 0 saturated heterocycles. The minimum absolute atomic E-state index is 0.0689. The molecular formula is C36H67N2O6P. The summed E-state index contributed by atoms with van der Waals surface area (Å²) in [4.78, 5) is 22.5. The summed E-state index contributed by atoms with van der Waals surface area (Å²) >= 11 is 0. The third-order valence-corrected chi connectivity index (χ3v) is 8.34. The van der Waals surface area contributed by atoms with Gasteiger partial charge in [-0.05, 0) is 70.6 Å². The van der Waals surface area contributed by atoms with Crippen molar-refractivity contribution >= 4 is 13.7 Å². The highest BCUT2D eigenvalue weighted by Gasteiger charge is 2.26. The van der Waals surface area contributed by atoms with Crippen molar-refractivity contribution in [2.75, 3.05) is 19.8 Å². The predicted octanol–water partition coefficient (Wildman–Crippen LogP) is 8.99. The van der Waals surface area contributed by atoms with Crippen molar-refractivity contribution in [3.63, 3.8) is 0 Å². The van der Waals surface area contributed by atoms with Crippen LogP contribution in [0, 0.1) is 0 Å². The van der Waals surface area contributed by atoms with Crippen LogP contribution in [-0.2, 0) is 18.4 Å².